The SMILES string of the molecule is NC1CCC(C(=O)NC2CCN(C(=O)C3CC3)CC2)CC1. The van der Waals surface area contributed by atoms with E-state index in [1.807, 2.05) is 4.90 Å². The fraction of sp³-hybridized carbons (Fsp3) is 0.875. The lowest BCUT2D eigenvalue weighted by Gasteiger charge is -2.34. The predicted octanol–water partition coefficient (Wildman–Crippen LogP) is 1.02. The van der Waals surface area contributed by atoms with Crippen molar-refractivity contribution >= 4 is 11.8 Å². The van der Waals surface area contributed by atoms with Crippen molar-refractivity contribution in [3.63, 3.8) is 0 Å². The molecule has 3 N–H and O–H groups in total. The van der Waals surface area contributed by atoms with E-state index < -0.39 is 0 Å². The fourth-order valence-corrected chi connectivity index (χ4v) is 3.53. The van der Waals surface area contributed by atoms with E-state index in [1.54, 1.807) is 0 Å². The van der Waals surface area contributed by atoms with Gasteiger partial charge in [-0.05, 0) is 51.4 Å². The van der Waals surface area contributed by atoms with Gasteiger partial charge in [-0.25, -0.2) is 0 Å². The second-order valence-corrected chi connectivity index (χ2v) is 6.99. The summed E-state index contributed by atoms with van der Waals surface area (Å²) < 4.78 is 0. The molecule has 2 saturated carbocycles. The van der Waals surface area contributed by atoms with Gasteiger partial charge in [0.1, 0.15) is 0 Å². The molecule has 3 fully saturated rings. The van der Waals surface area contributed by atoms with E-state index in [2.05, 4.69) is 5.32 Å². The molecule has 0 aromatic heterocycles. The van der Waals surface area contributed by atoms with Crippen LogP contribution >= 0.6 is 0 Å². The summed E-state index contributed by atoms with van der Waals surface area (Å²) in [6.07, 6.45) is 7.71. The lowest BCUT2D eigenvalue weighted by atomic mass is 9.85. The average Bonchev–Trinajstić information content (AvgIpc) is 3.32. The molecule has 1 heterocycles. The normalized spacial score (nSPS) is 31.0. The van der Waals surface area contributed by atoms with Gasteiger partial charge in [0.25, 0.3) is 0 Å². The summed E-state index contributed by atoms with van der Waals surface area (Å²) in [4.78, 5) is 26.3. The molecule has 21 heavy (non-hydrogen) atoms. The van der Waals surface area contributed by atoms with E-state index in [1.165, 1.54) is 0 Å². The molecule has 2 amide bonds. The summed E-state index contributed by atoms with van der Waals surface area (Å²) >= 11 is 0. The Balaban J connectivity index is 1.40. The third kappa shape index (κ3) is 3.76. The highest BCUT2D eigenvalue weighted by Crippen LogP contribution is 2.32. The van der Waals surface area contributed by atoms with Gasteiger partial charge in [0.2, 0.25) is 11.8 Å². The smallest absolute Gasteiger partial charge is 0.225 e. The standard InChI is InChI=1S/C16H27N3O2/c17-13-5-3-11(4-6-13)15(20)18-14-7-9-19(10-8-14)16(21)12-1-2-12/h11-14H,1-10,17H2,(H,18,20). The molecule has 0 radical (unpaired) electrons. The average molecular weight is 293 g/mol. The fourth-order valence-electron chi connectivity index (χ4n) is 3.53. The zero-order valence-electron chi connectivity index (χ0n) is 12.7. The van der Waals surface area contributed by atoms with Gasteiger partial charge in [0.05, 0.1) is 0 Å². The molecule has 2 aliphatic carbocycles. The summed E-state index contributed by atoms with van der Waals surface area (Å²) in [6, 6.07) is 0.530. The minimum atomic E-state index is 0.149. The number of hydrogen-bond donors (Lipinski definition) is 2. The van der Waals surface area contributed by atoms with Gasteiger partial charge in [-0.3, -0.25) is 9.59 Å². The Hall–Kier alpha value is -1.10. The molecule has 1 aliphatic heterocycles. The number of carbonyl (C=O) groups is 2. The Morgan fingerprint density at radius 2 is 1.43 bits per heavy atom. The van der Waals surface area contributed by atoms with Crippen LogP contribution in [0.1, 0.15) is 51.4 Å². The number of carbonyl (C=O) groups excluding carboxylic acids is 2. The highest BCUT2D eigenvalue weighted by atomic mass is 16.2. The van der Waals surface area contributed by atoms with Crippen molar-refractivity contribution in [1.29, 1.82) is 0 Å². The first-order chi connectivity index (χ1) is 10.1. The van der Waals surface area contributed by atoms with Crippen molar-refractivity contribution in [2.75, 3.05) is 13.1 Å². The molecule has 3 aliphatic rings. The zero-order valence-corrected chi connectivity index (χ0v) is 12.7. The summed E-state index contributed by atoms with van der Waals surface area (Å²) in [5.74, 6) is 0.994. The molecule has 5 heteroatoms. The van der Waals surface area contributed by atoms with Gasteiger partial charge >= 0.3 is 0 Å². The first-order valence-electron chi connectivity index (χ1n) is 8.48. The second-order valence-electron chi connectivity index (χ2n) is 6.99. The van der Waals surface area contributed by atoms with Gasteiger partial charge in [-0.15, -0.1) is 0 Å². The highest BCUT2D eigenvalue weighted by molar-refractivity contribution is 5.81. The predicted molar refractivity (Wildman–Crippen MR) is 80.4 cm³/mol. The molecular formula is C16H27N3O2. The quantitative estimate of drug-likeness (QED) is 0.816. The van der Waals surface area contributed by atoms with E-state index in [0.29, 0.717) is 11.8 Å². The molecule has 1 saturated heterocycles. The van der Waals surface area contributed by atoms with Crippen LogP contribution < -0.4 is 11.1 Å². The van der Waals surface area contributed by atoms with Crippen LogP contribution in [0, 0.1) is 11.8 Å². The van der Waals surface area contributed by atoms with E-state index in [9.17, 15) is 9.59 Å². The third-order valence-electron chi connectivity index (χ3n) is 5.22. The van der Waals surface area contributed by atoms with Crippen molar-refractivity contribution in [2.45, 2.75) is 63.5 Å². The highest BCUT2D eigenvalue weighted by Gasteiger charge is 2.35. The maximum atomic E-state index is 12.3. The number of amides is 2. The van der Waals surface area contributed by atoms with Crippen molar-refractivity contribution in [3.05, 3.63) is 0 Å². The van der Waals surface area contributed by atoms with Crippen LogP contribution in [-0.4, -0.2) is 41.9 Å². The van der Waals surface area contributed by atoms with Crippen LogP contribution in [0.25, 0.3) is 0 Å². The van der Waals surface area contributed by atoms with E-state index in [0.717, 1.165) is 64.5 Å². The van der Waals surface area contributed by atoms with E-state index in [4.69, 9.17) is 5.73 Å². The van der Waals surface area contributed by atoms with Crippen molar-refractivity contribution in [1.82, 2.24) is 10.2 Å². The first-order valence-corrected chi connectivity index (χ1v) is 8.48. The van der Waals surface area contributed by atoms with Crippen LogP contribution in [0.15, 0.2) is 0 Å². The van der Waals surface area contributed by atoms with Crippen molar-refractivity contribution in [3.8, 4) is 0 Å². The lowest BCUT2D eigenvalue weighted by molar-refractivity contribution is -0.133. The van der Waals surface area contributed by atoms with Crippen LogP contribution in [0.5, 0.6) is 0 Å². The Morgan fingerprint density at radius 1 is 0.857 bits per heavy atom. The number of nitrogens with two attached hydrogens (primary N) is 1. The molecule has 0 spiro atoms. The first kappa shape index (κ1) is 14.8. The molecular weight excluding hydrogens is 266 g/mol. The van der Waals surface area contributed by atoms with E-state index >= 15 is 0 Å². The molecule has 0 bridgehead atoms. The Kier molecular flexibility index (Phi) is 4.48. The summed E-state index contributed by atoms with van der Waals surface area (Å²) in [5, 5.41) is 3.19. The number of hydrogen-bond acceptors (Lipinski definition) is 3. The number of likely N-dealkylation sites (tertiary alicyclic amines) is 1. The van der Waals surface area contributed by atoms with Gasteiger partial charge in [0.15, 0.2) is 0 Å². The third-order valence-corrected chi connectivity index (χ3v) is 5.22. The van der Waals surface area contributed by atoms with Gasteiger partial charge in [-0.1, -0.05) is 0 Å². The lowest BCUT2D eigenvalue weighted by Crippen LogP contribution is -2.48. The molecule has 0 aromatic carbocycles. The molecule has 0 aromatic rings. The molecule has 5 nitrogen and oxygen atoms in total. The van der Waals surface area contributed by atoms with Crippen LogP contribution in [0.4, 0.5) is 0 Å². The van der Waals surface area contributed by atoms with Gasteiger partial charge in [0, 0.05) is 37.0 Å². The monoisotopic (exact) mass is 293 g/mol. The molecule has 3 rings (SSSR count). The second kappa shape index (κ2) is 6.34. The van der Waals surface area contributed by atoms with Gasteiger partial charge < -0.3 is 16.0 Å². The minimum Gasteiger partial charge on any atom is -0.353 e. The summed E-state index contributed by atoms with van der Waals surface area (Å²) in [6.45, 7) is 1.60. The maximum absolute atomic E-state index is 12.3. The Bertz CT molecular complexity index is 392. The zero-order chi connectivity index (χ0) is 14.8. The minimum absolute atomic E-state index is 0.149. The van der Waals surface area contributed by atoms with Gasteiger partial charge in [-0.2, -0.15) is 0 Å². The molecule has 118 valence electrons. The van der Waals surface area contributed by atoms with Crippen LogP contribution in [0.2, 0.25) is 0 Å². The molecule has 0 unspecified atom stereocenters. The van der Waals surface area contributed by atoms with Crippen molar-refractivity contribution in [2.24, 2.45) is 17.6 Å². The number of rotatable bonds is 3. The van der Waals surface area contributed by atoms with Crippen LogP contribution in [0.3, 0.4) is 0 Å². The maximum Gasteiger partial charge on any atom is 0.225 e. The topological polar surface area (TPSA) is 75.4 Å². The number of nitrogens with one attached hydrogen (secondary N) is 1. The summed E-state index contributed by atoms with van der Waals surface area (Å²) in [7, 11) is 0. The van der Waals surface area contributed by atoms with Crippen LogP contribution in [-0.2, 0) is 9.59 Å². The molecule has 0 atom stereocenters. The largest absolute Gasteiger partial charge is 0.353 e. The number of nitrogens with zero attached hydrogens (tertiary/aromatic N) is 1. The number of piperidine rings is 1. The summed E-state index contributed by atoms with van der Waals surface area (Å²) in [5.41, 5.74) is 5.89. The van der Waals surface area contributed by atoms with E-state index in [-0.39, 0.29) is 23.9 Å². The Labute approximate surface area is 126 Å². The van der Waals surface area contributed by atoms with Crippen molar-refractivity contribution < 1.29 is 9.59 Å². The Morgan fingerprint density at radius 3 is 2.00 bits per heavy atom.